The molecule has 0 unspecified atom stereocenters. The Balaban J connectivity index is 2.92. The average molecular weight is 251 g/mol. The highest BCUT2D eigenvalue weighted by molar-refractivity contribution is 7.99. The van der Waals surface area contributed by atoms with Gasteiger partial charge in [0.1, 0.15) is 5.82 Å². The highest BCUT2D eigenvalue weighted by Crippen LogP contribution is 2.33. The summed E-state index contributed by atoms with van der Waals surface area (Å²) in [6.45, 7) is 4.70. The smallest absolute Gasteiger partial charge is 0.262 e. The maximum absolute atomic E-state index is 13.1. The Hall–Kier alpha value is -1.04. The first-order valence-electron chi connectivity index (χ1n) is 4.30. The van der Waals surface area contributed by atoms with E-state index in [1.807, 2.05) is 0 Å². The van der Waals surface area contributed by atoms with E-state index in [9.17, 15) is 17.6 Å². The summed E-state index contributed by atoms with van der Waals surface area (Å²) >= 11 is 0.613. The number of hydrogen-bond acceptors (Lipinski definition) is 2. The standard InChI is InChI=1S/C10H9F4NS/c1-6-3-7(11)8(15-2)4-9(6)16-5-10(12,13)14/h3-4H,2,5H2,1H3. The van der Waals surface area contributed by atoms with Gasteiger partial charge in [-0.2, -0.15) is 13.2 Å². The molecule has 1 aromatic rings. The largest absolute Gasteiger partial charge is 0.398 e. The van der Waals surface area contributed by atoms with Crippen molar-refractivity contribution in [3.63, 3.8) is 0 Å². The van der Waals surface area contributed by atoms with E-state index in [0.29, 0.717) is 22.2 Å². The van der Waals surface area contributed by atoms with Crippen molar-refractivity contribution in [2.75, 3.05) is 5.75 Å². The summed E-state index contributed by atoms with van der Waals surface area (Å²) in [6, 6.07) is 2.43. The number of hydrogen-bond donors (Lipinski definition) is 0. The Morgan fingerprint density at radius 2 is 2.00 bits per heavy atom. The van der Waals surface area contributed by atoms with Crippen LogP contribution in [0, 0.1) is 12.7 Å². The molecule has 0 aliphatic rings. The van der Waals surface area contributed by atoms with Gasteiger partial charge in [-0.3, -0.25) is 4.99 Å². The van der Waals surface area contributed by atoms with Crippen molar-refractivity contribution in [1.29, 1.82) is 0 Å². The molecule has 16 heavy (non-hydrogen) atoms. The van der Waals surface area contributed by atoms with Crippen LogP contribution >= 0.6 is 11.8 Å². The Kier molecular flexibility index (Phi) is 3.96. The Bertz CT molecular complexity index is 401. The van der Waals surface area contributed by atoms with Crippen LogP contribution in [0.2, 0.25) is 0 Å². The summed E-state index contributed by atoms with van der Waals surface area (Å²) in [7, 11) is 0. The molecule has 1 rings (SSSR count). The summed E-state index contributed by atoms with van der Waals surface area (Å²) in [4.78, 5) is 3.76. The van der Waals surface area contributed by atoms with Gasteiger partial charge < -0.3 is 0 Å². The lowest BCUT2D eigenvalue weighted by Gasteiger charge is -2.09. The van der Waals surface area contributed by atoms with Crippen molar-refractivity contribution in [2.45, 2.75) is 18.0 Å². The van der Waals surface area contributed by atoms with Crippen molar-refractivity contribution in [1.82, 2.24) is 0 Å². The predicted molar refractivity (Wildman–Crippen MR) is 57.1 cm³/mol. The molecule has 0 fully saturated rings. The third-order valence-electron chi connectivity index (χ3n) is 1.81. The van der Waals surface area contributed by atoms with E-state index in [4.69, 9.17) is 0 Å². The lowest BCUT2D eigenvalue weighted by atomic mass is 10.2. The summed E-state index contributed by atoms with van der Waals surface area (Å²) < 4.78 is 49.2. The molecule has 6 heteroatoms. The fourth-order valence-electron chi connectivity index (χ4n) is 1.08. The maximum atomic E-state index is 13.1. The molecule has 0 atom stereocenters. The molecule has 0 aromatic heterocycles. The van der Waals surface area contributed by atoms with Crippen LogP contribution in [0.5, 0.6) is 0 Å². The average Bonchev–Trinajstić information content (AvgIpc) is 2.15. The highest BCUT2D eigenvalue weighted by Gasteiger charge is 2.27. The number of aliphatic imine (C=N–C) groups is 1. The number of rotatable bonds is 3. The summed E-state index contributed by atoms with van der Waals surface area (Å²) in [5.74, 6) is -1.58. The fraction of sp³-hybridized carbons (Fsp3) is 0.300. The molecule has 88 valence electrons. The molecule has 0 heterocycles. The van der Waals surface area contributed by atoms with Crippen molar-refractivity contribution in [3.8, 4) is 0 Å². The van der Waals surface area contributed by atoms with Crippen molar-refractivity contribution >= 4 is 24.2 Å². The van der Waals surface area contributed by atoms with Crippen LogP contribution in [0.15, 0.2) is 22.0 Å². The lowest BCUT2D eigenvalue weighted by molar-refractivity contribution is -0.105. The second-order valence-corrected chi connectivity index (χ2v) is 4.15. The predicted octanol–water partition coefficient (Wildman–Crippen LogP) is 4.12. The van der Waals surface area contributed by atoms with Gasteiger partial charge in [-0.1, -0.05) is 0 Å². The number of benzene rings is 1. The normalized spacial score (nSPS) is 11.6. The molecular weight excluding hydrogens is 242 g/mol. The molecule has 0 N–H and O–H groups in total. The van der Waals surface area contributed by atoms with Crippen LogP contribution in [-0.2, 0) is 0 Å². The van der Waals surface area contributed by atoms with Crippen LogP contribution < -0.4 is 0 Å². The first-order chi connectivity index (χ1) is 7.33. The fourth-order valence-corrected chi connectivity index (χ4v) is 1.88. The number of halogens is 4. The topological polar surface area (TPSA) is 12.4 Å². The molecular formula is C10H9F4NS. The third-order valence-corrected chi connectivity index (χ3v) is 3.03. The van der Waals surface area contributed by atoms with Gasteiger partial charge in [0.2, 0.25) is 0 Å². The number of aryl methyl sites for hydroxylation is 1. The van der Waals surface area contributed by atoms with Crippen molar-refractivity contribution < 1.29 is 17.6 Å². The zero-order valence-electron chi connectivity index (χ0n) is 8.44. The van der Waals surface area contributed by atoms with Crippen LogP contribution in [0.3, 0.4) is 0 Å². The molecule has 1 nitrogen and oxygen atoms in total. The third kappa shape index (κ3) is 3.52. The quantitative estimate of drug-likeness (QED) is 0.447. The highest BCUT2D eigenvalue weighted by atomic mass is 32.2. The van der Waals surface area contributed by atoms with Crippen molar-refractivity contribution in [2.24, 2.45) is 4.99 Å². The van der Waals surface area contributed by atoms with E-state index in [0.717, 1.165) is 6.07 Å². The molecule has 0 saturated carbocycles. The Morgan fingerprint density at radius 1 is 1.38 bits per heavy atom. The molecule has 0 aliphatic heterocycles. The van der Waals surface area contributed by atoms with Gasteiger partial charge in [0.05, 0.1) is 11.4 Å². The Labute approximate surface area is 94.6 Å². The number of nitrogens with zero attached hydrogens (tertiary/aromatic N) is 1. The minimum Gasteiger partial charge on any atom is -0.262 e. The van der Waals surface area contributed by atoms with E-state index in [1.54, 1.807) is 6.92 Å². The van der Waals surface area contributed by atoms with Gasteiger partial charge >= 0.3 is 6.18 Å². The molecule has 0 aliphatic carbocycles. The molecule has 0 saturated heterocycles. The minimum atomic E-state index is -4.24. The van der Waals surface area contributed by atoms with Gasteiger partial charge in [-0.25, -0.2) is 4.39 Å². The molecule has 0 bridgehead atoms. The van der Waals surface area contributed by atoms with E-state index < -0.39 is 17.7 Å². The molecule has 0 radical (unpaired) electrons. The van der Waals surface area contributed by atoms with Crippen LogP contribution in [-0.4, -0.2) is 18.6 Å². The lowest BCUT2D eigenvalue weighted by Crippen LogP contribution is -2.10. The van der Waals surface area contributed by atoms with E-state index in [2.05, 4.69) is 11.7 Å². The minimum absolute atomic E-state index is 0.0322. The summed E-state index contributed by atoms with van der Waals surface area (Å²) in [6.07, 6.45) is -4.24. The second-order valence-electron chi connectivity index (χ2n) is 3.13. The maximum Gasteiger partial charge on any atom is 0.398 e. The van der Waals surface area contributed by atoms with E-state index >= 15 is 0 Å². The van der Waals surface area contributed by atoms with Gasteiger partial charge in [0, 0.05) is 4.90 Å². The zero-order chi connectivity index (χ0) is 12.3. The zero-order valence-corrected chi connectivity index (χ0v) is 9.25. The molecule has 0 spiro atoms. The van der Waals surface area contributed by atoms with Gasteiger partial charge in [-0.05, 0) is 31.3 Å². The van der Waals surface area contributed by atoms with Gasteiger partial charge in [0.15, 0.2) is 0 Å². The summed E-state index contributed by atoms with van der Waals surface area (Å²) in [5.41, 5.74) is 0.425. The monoisotopic (exact) mass is 251 g/mol. The van der Waals surface area contributed by atoms with Gasteiger partial charge in [-0.15, -0.1) is 11.8 Å². The first-order valence-corrected chi connectivity index (χ1v) is 5.28. The number of thioether (sulfide) groups is 1. The molecule has 1 aromatic carbocycles. The summed E-state index contributed by atoms with van der Waals surface area (Å²) in [5, 5.41) is 0. The van der Waals surface area contributed by atoms with E-state index in [1.165, 1.54) is 6.07 Å². The van der Waals surface area contributed by atoms with Crippen molar-refractivity contribution in [3.05, 3.63) is 23.5 Å². The van der Waals surface area contributed by atoms with Crippen LogP contribution in [0.4, 0.5) is 23.2 Å². The first kappa shape index (κ1) is 13.0. The SMILES string of the molecule is C=Nc1cc(SCC(F)(F)F)c(C)cc1F. The van der Waals surface area contributed by atoms with Crippen LogP contribution in [0.1, 0.15) is 5.56 Å². The molecule has 0 amide bonds. The van der Waals surface area contributed by atoms with E-state index in [-0.39, 0.29) is 5.69 Å². The second kappa shape index (κ2) is 4.86. The Morgan fingerprint density at radius 3 is 2.50 bits per heavy atom. The number of alkyl halides is 3. The van der Waals surface area contributed by atoms with Crippen LogP contribution in [0.25, 0.3) is 0 Å². The van der Waals surface area contributed by atoms with Gasteiger partial charge in [0.25, 0.3) is 0 Å².